The van der Waals surface area contributed by atoms with Crippen LogP contribution in [0.25, 0.3) is 11.5 Å². The van der Waals surface area contributed by atoms with Gasteiger partial charge in [0.1, 0.15) is 0 Å². The Morgan fingerprint density at radius 1 is 1.45 bits per heavy atom. The van der Waals surface area contributed by atoms with Crippen molar-refractivity contribution in [1.29, 1.82) is 0 Å². The summed E-state index contributed by atoms with van der Waals surface area (Å²) in [7, 11) is 0. The number of hydrogen-bond donors (Lipinski definition) is 2. The van der Waals surface area contributed by atoms with Crippen LogP contribution in [0.15, 0.2) is 12.3 Å². The maximum absolute atomic E-state index is 3.77. The molecule has 0 saturated heterocycles. The van der Waals surface area contributed by atoms with Gasteiger partial charge in [0.2, 0.25) is 0 Å². The molecule has 0 atom stereocenters. The minimum absolute atomic E-state index is 0.674. The monoisotopic (exact) mass is 149 g/mol. The quantitative estimate of drug-likeness (QED) is 0.620. The molecule has 2 aromatic rings. The van der Waals surface area contributed by atoms with Crippen LogP contribution < -0.4 is 0 Å². The smallest absolute Gasteiger partial charge is 0.196 e. The molecule has 2 aromatic heterocycles. The SMILES string of the molecule is Cc1cc[nH]c1-c1nnn[nH]1. The molecule has 0 radical (unpaired) electrons. The molecule has 0 saturated carbocycles. The van der Waals surface area contributed by atoms with Gasteiger partial charge in [0.05, 0.1) is 5.69 Å². The van der Waals surface area contributed by atoms with Gasteiger partial charge in [-0.2, -0.15) is 0 Å². The lowest BCUT2D eigenvalue weighted by atomic mass is 10.3. The third-order valence-electron chi connectivity index (χ3n) is 1.54. The molecule has 0 bridgehead atoms. The normalized spacial score (nSPS) is 10.3. The van der Waals surface area contributed by atoms with E-state index in [0.29, 0.717) is 5.82 Å². The minimum Gasteiger partial charge on any atom is -0.358 e. The fraction of sp³-hybridized carbons (Fsp3) is 0.167. The van der Waals surface area contributed by atoms with Crippen molar-refractivity contribution in [2.75, 3.05) is 0 Å². The molecule has 5 heteroatoms. The number of aromatic nitrogens is 5. The van der Waals surface area contributed by atoms with Crippen LogP contribution in [0.4, 0.5) is 0 Å². The van der Waals surface area contributed by atoms with E-state index in [0.717, 1.165) is 11.3 Å². The Balaban J connectivity index is 2.53. The first-order chi connectivity index (χ1) is 5.38. The third-order valence-corrected chi connectivity index (χ3v) is 1.54. The number of tetrazole rings is 1. The molecule has 0 aliphatic heterocycles. The van der Waals surface area contributed by atoms with Gasteiger partial charge in [-0.25, -0.2) is 5.10 Å². The first kappa shape index (κ1) is 6.09. The van der Waals surface area contributed by atoms with Crippen LogP contribution in [0.2, 0.25) is 0 Å². The van der Waals surface area contributed by atoms with Gasteiger partial charge in [0.25, 0.3) is 0 Å². The summed E-state index contributed by atoms with van der Waals surface area (Å²) in [6.07, 6.45) is 1.85. The average molecular weight is 149 g/mol. The summed E-state index contributed by atoms with van der Waals surface area (Å²) in [6, 6.07) is 1.97. The van der Waals surface area contributed by atoms with Crippen LogP contribution in [0.3, 0.4) is 0 Å². The van der Waals surface area contributed by atoms with Crippen molar-refractivity contribution < 1.29 is 0 Å². The van der Waals surface area contributed by atoms with Gasteiger partial charge in [0, 0.05) is 6.20 Å². The summed E-state index contributed by atoms with van der Waals surface area (Å²) < 4.78 is 0. The lowest BCUT2D eigenvalue weighted by Gasteiger charge is -1.89. The van der Waals surface area contributed by atoms with Crippen LogP contribution in [0, 0.1) is 6.92 Å². The second-order valence-corrected chi connectivity index (χ2v) is 2.29. The largest absolute Gasteiger partial charge is 0.358 e. The van der Waals surface area contributed by atoms with E-state index in [1.165, 1.54) is 0 Å². The highest BCUT2D eigenvalue weighted by Crippen LogP contribution is 2.14. The summed E-state index contributed by atoms with van der Waals surface area (Å²) in [5, 5.41) is 13.4. The van der Waals surface area contributed by atoms with E-state index in [-0.39, 0.29) is 0 Å². The van der Waals surface area contributed by atoms with E-state index in [2.05, 4.69) is 25.6 Å². The average Bonchev–Trinajstić information content (AvgIpc) is 2.55. The van der Waals surface area contributed by atoms with Gasteiger partial charge in [-0.05, 0) is 29.0 Å². The molecule has 0 spiro atoms. The zero-order valence-corrected chi connectivity index (χ0v) is 6.00. The van der Waals surface area contributed by atoms with Crippen LogP contribution in [0.5, 0.6) is 0 Å². The van der Waals surface area contributed by atoms with Gasteiger partial charge in [-0.15, -0.1) is 5.10 Å². The van der Waals surface area contributed by atoms with Crippen LogP contribution in [-0.4, -0.2) is 25.6 Å². The zero-order valence-electron chi connectivity index (χ0n) is 6.00. The number of nitrogens with zero attached hydrogens (tertiary/aromatic N) is 3. The molecule has 0 amide bonds. The predicted octanol–water partition coefficient (Wildman–Crippen LogP) is 0.503. The van der Waals surface area contributed by atoms with Crippen molar-refractivity contribution in [2.24, 2.45) is 0 Å². The van der Waals surface area contributed by atoms with E-state index < -0.39 is 0 Å². The summed E-state index contributed by atoms with van der Waals surface area (Å²) in [5.41, 5.74) is 2.07. The number of nitrogens with one attached hydrogen (secondary N) is 2. The van der Waals surface area contributed by atoms with Crippen molar-refractivity contribution in [3.05, 3.63) is 17.8 Å². The number of hydrogen-bond acceptors (Lipinski definition) is 3. The molecule has 2 rings (SSSR count). The maximum atomic E-state index is 3.77. The molecule has 0 unspecified atom stereocenters. The molecule has 2 heterocycles. The Morgan fingerprint density at radius 2 is 2.36 bits per heavy atom. The van der Waals surface area contributed by atoms with Crippen molar-refractivity contribution in [3.8, 4) is 11.5 Å². The lowest BCUT2D eigenvalue weighted by Crippen LogP contribution is -1.82. The first-order valence-electron chi connectivity index (χ1n) is 3.26. The van der Waals surface area contributed by atoms with Crippen molar-refractivity contribution in [1.82, 2.24) is 25.6 Å². The van der Waals surface area contributed by atoms with Crippen molar-refractivity contribution in [3.63, 3.8) is 0 Å². The van der Waals surface area contributed by atoms with E-state index in [1.807, 2.05) is 19.2 Å². The Bertz CT molecular complexity index is 333. The molecule has 56 valence electrons. The van der Waals surface area contributed by atoms with E-state index in [4.69, 9.17) is 0 Å². The highest BCUT2D eigenvalue weighted by atomic mass is 15.5. The van der Waals surface area contributed by atoms with Gasteiger partial charge in [0.15, 0.2) is 5.82 Å². The molecule has 0 fully saturated rings. The Hall–Kier alpha value is -1.65. The van der Waals surface area contributed by atoms with Crippen LogP contribution in [-0.2, 0) is 0 Å². The van der Waals surface area contributed by atoms with E-state index in [1.54, 1.807) is 0 Å². The van der Waals surface area contributed by atoms with E-state index >= 15 is 0 Å². The topological polar surface area (TPSA) is 70.2 Å². The summed E-state index contributed by atoms with van der Waals surface area (Å²) in [5.74, 6) is 0.674. The van der Waals surface area contributed by atoms with Crippen molar-refractivity contribution in [2.45, 2.75) is 6.92 Å². The number of H-pyrrole nitrogens is 2. The molecule has 0 aliphatic rings. The van der Waals surface area contributed by atoms with Crippen LogP contribution in [0.1, 0.15) is 5.56 Å². The van der Waals surface area contributed by atoms with Crippen molar-refractivity contribution >= 4 is 0 Å². The van der Waals surface area contributed by atoms with Crippen LogP contribution >= 0.6 is 0 Å². The Morgan fingerprint density at radius 3 is 2.91 bits per heavy atom. The standard InChI is InChI=1S/C6H7N5/c1-4-2-3-7-5(4)6-8-10-11-9-6/h2-3,7H,1H3,(H,8,9,10,11). The lowest BCUT2D eigenvalue weighted by molar-refractivity contribution is 0.881. The van der Waals surface area contributed by atoms with Gasteiger partial charge >= 0.3 is 0 Å². The summed E-state index contributed by atoms with van der Waals surface area (Å²) in [4.78, 5) is 3.03. The molecular formula is C6H7N5. The first-order valence-corrected chi connectivity index (χ1v) is 3.26. The fourth-order valence-corrected chi connectivity index (χ4v) is 0.967. The van der Waals surface area contributed by atoms with Gasteiger partial charge in [-0.3, -0.25) is 0 Å². The van der Waals surface area contributed by atoms with Gasteiger partial charge < -0.3 is 4.98 Å². The molecule has 5 nitrogen and oxygen atoms in total. The maximum Gasteiger partial charge on any atom is 0.196 e. The predicted molar refractivity (Wildman–Crippen MR) is 38.7 cm³/mol. The fourth-order valence-electron chi connectivity index (χ4n) is 0.967. The zero-order chi connectivity index (χ0) is 7.68. The number of rotatable bonds is 1. The molecule has 0 aliphatic carbocycles. The Kier molecular flexibility index (Phi) is 1.21. The second-order valence-electron chi connectivity index (χ2n) is 2.29. The number of aromatic amines is 2. The highest BCUT2D eigenvalue weighted by Gasteiger charge is 2.04. The third kappa shape index (κ3) is 0.899. The molecular weight excluding hydrogens is 142 g/mol. The second kappa shape index (κ2) is 2.19. The highest BCUT2D eigenvalue weighted by molar-refractivity contribution is 5.53. The van der Waals surface area contributed by atoms with Gasteiger partial charge in [-0.1, -0.05) is 0 Å². The van der Waals surface area contributed by atoms with E-state index in [9.17, 15) is 0 Å². The Labute approximate surface area is 62.8 Å². The molecule has 2 N–H and O–H groups in total. The summed E-state index contributed by atoms with van der Waals surface area (Å²) in [6.45, 7) is 1.99. The molecule has 0 aromatic carbocycles. The summed E-state index contributed by atoms with van der Waals surface area (Å²) >= 11 is 0. The molecule has 11 heavy (non-hydrogen) atoms. The number of aryl methyl sites for hydroxylation is 1. The minimum atomic E-state index is 0.674.